The van der Waals surface area contributed by atoms with E-state index in [9.17, 15) is 9.50 Å². The fraction of sp³-hybridized carbons (Fsp3) is 0.455. The summed E-state index contributed by atoms with van der Waals surface area (Å²) in [6.45, 7) is 6.93. The van der Waals surface area contributed by atoms with Crippen molar-refractivity contribution >= 4 is 0 Å². The molecule has 0 spiro atoms. The van der Waals surface area contributed by atoms with Crippen LogP contribution in [0.15, 0.2) is 12.1 Å². The van der Waals surface area contributed by atoms with Gasteiger partial charge in [0.1, 0.15) is 5.82 Å². The van der Waals surface area contributed by atoms with Crippen molar-refractivity contribution in [2.45, 2.75) is 33.3 Å². The quantitative estimate of drug-likeness (QED) is 0.708. The Morgan fingerprint density at radius 2 is 1.62 bits per heavy atom. The Balaban J connectivity index is 3.32. The molecule has 1 rings (SSSR count). The number of hydrogen-bond donors (Lipinski definition) is 1. The SMILES string of the molecule is Cc1cc(F)c(C(C)(C)O)cc1C. The molecule has 0 unspecified atom stereocenters. The highest BCUT2D eigenvalue weighted by Gasteiger charge is 2.20. The van der Waals surface area contributed by atoms with Gasteiger partial charge in [0, 0.05) is 5.56 Å². The van der Waals surface area contributed by atoms with E-state index in [4.69, 9.17) is 0 Å². The zero-order valence-corrected chi connectivity index (χ0v) is 8.48. The minimum atomic E-state index is -1.11. The highest BCUT2D eigenvalue weighted by atomic mass is 19.1. The normalized spacial score (nSPS) is 11.8. The summed E-state index contributed by atoms with van der Waals surface area (Å²) in [5.41, 5.74) is 1.15. The first kappa shape index (κ1) is 10.2. The fourth-order valence-corrected chi connectivity index (χ4v) is 1.25. The Labute approximate surface area is 78.2 Å². The van der Waals surface area contributed by atoms with Gasteiger partial charge in [0.2, 0.25) is 0 Å². The van der Waals surface area contributed by atoms with Crippen LogP contribution in [0.4, 0.5) is 4.39 Å². The van der Waals surface area contributed by atoms with Crippen molar-refractivity contribution in [3.05, 3.63) is 34.6 Å². The molecule has 0 aliphatic heterocycles. The van der Waals surface area contributed by atoms with E-state index in [1.807, 2.05) is 13.8 Å². The maximum atomic E-state index is 13.4. The van der Waals surface area contributed by atoms with Gasteiger partial charge in [-0.25, -0.2) is 4.39 Å². The highest BCUT2D eigenvalue weighted by molar-refractivity contribution is 5.33. The van der Waals surface area contributed by atoms with Gasteiger partial charge in [-0.1, -0.05) is 6.07 Å². The van der Waals surface area contributed by atoms with Crippen LogP contribution in [0.2, 0.25) is 0 Å². The van der Waals surface area contributed by atoms with Crippen molar-refractivity contribution in [1.29, 1.82) is 0 Å². The monoisotopic (exact) mass is 182 g/mol. The van der Waals surface area contributed by atoms with Crippen LogP contribution in [0.3, 0.4) is 0 Å². The van der Waals surface area contributed by atoms with Gasteiger partial charge in [0.25, 0.3) is 0 Å². The van der Waals surface area contributed by atoms with Gasteiger partial charge in [-0.05, 0) is 44.9 Å². The maximum absolute atomic E-state index is 13.4. The second kappa shape index (κ2) is 3.11. The summed E-state index contributed by atoms with van der Waals surface area (Å²) >= 11 is 0. The summed E-state index contributed by atoms with van der Waals surface area (Å²) in [5.74, 6) is -0.337. The maximum Gasteiger partial charge on any atom is 0.129 e. The van der Waals surface area contributed by atoms with Crippen LogP contribution in [-0.2, 0) is 5.60 Å². The van der Waals surface area contributed by atoms with Gasteiger partial charge in [-0.2, -0.15) is 0 Å². The molecule has 0 radical (unpaired) electrons. The molecule has 0 heterocycles. The standard InChI is InChI=1S/C11H15FO/c1-7-5-9(11(3,4)13)10(12)6-8(7)2/h5-6,13H,1-4H3. The predicted molar refractivity (Wildman–Crippen MR) is 51.1 cm³/mol. The van der Waals surface area contributed by atoms with Crippen LogP contribution < -0.4 is 0 Å². The summed E-state index contributed by atoms with van der Waals surface area (Å²) in [4.78, 5) is 0. The van der Waals surface area contributed by atoms with Crippen LogP contribution in [0.1, 0.15) is 30.5 Å². The lowest BCUT2D eigenvalue weighted by Gasteiger charge is -2.19. The topological polar surface area (TPSA) is 20.2 Å². The van der Waals surface area contributed by atoms with Gasteiger partial charge in [-0.15, -0.1) is 0 Å². The van der Waals surface area contributed by atoms with Crippen molar-refractivity contribution in [2.24, 2.45) is 0 Å². The van der Waals surface area contributed by atoms with Crippen molar-refractivity contribution in [2.75, 3.05) is 0 Å². The minimum absolute atomic E-state index is 0.337. The molecule has 2 heteroatoms. The van der Waals surface area contributed by atoms with E-state index < -0.39 is 5.60 Å². The molecule has 0 aromatic heterocycles. The molecule has 13 heavy (non-hydrogen) atoms. The predicted octanol–water partition coefficient (Wildman–Crippen LogP) is 2.67. The lowest BCUT2D eigenvalue weighted by Crippen LogP contribution is -2.18. The van der Waals surface area contributed by atoms with Crippen molar-refractivity contribution in [3.8, 4) is 0 Å². The van der Waals surface area contributed by atoms with E-state index in [0.717, 1.165) is 11.1 Å². The number of rotatable bonds is 1. The third-order valence-corrected chi connectivity index (χ3v) is 2.24. The van der Waals surface area contributed by atoms with Crippen LogP contribution in [-0.4, -0.2) is 5.11 Å². The van der Waals surface area contributed by atoms with Gasteiger partial charge < -0.3 is 5.11 Å². The summed E-state index contributed by atoms with van der Waals surface area (Å²) in [5, 5.41) is 9.65. The molecule has 1 nitrogen and oxygen atoms in total. The zero-order chi connectivity index (χ0) is 10.2. The lowest BCUT2D eigenvalue weighted by molar-refractivity contribution is 0.0744. The van der Waals surface area contributed by atoms with E-state index in [2.05, 4.69) is 0 Å². The first-order valence-electron chi connectivity index (χ1n) is 4.32. The van der Waals surface area contributed by atoms with Crippen molar-refractivity contribution in [1.82, 2.24) is 0 Å². The van der Waals surface area contributed by atoms with Gasteiger partial charge >= 0.3 is 0 Å². The molecule has 0 aliphatic rings. The minimum Gasteiger partial charge on any atom is -0.386 e. The molecule has 0 bridgehead atoms. The van der Waals surface area contributed by atoms with E-state index in [1.54, 1.807) is 19.9 Å². The summed E-state index contributed by atoms with van der Waals surface area (Å²) in [7, 11) is 0. The Morgan fingerprint density at radius 3 is 2.08 bits per heavy atom. The molecule has 1 aromatic rings. The molecular formula is C11H15FO. The Bertz CT molecular complexity index is 324. The molecule has 72 valence electrons. The van der Waals surface area contributed by atoms with Crippen molar-refractivity contribution < 1.29 is 9.50 Å². The molecular weight excluding hydrogens is 167 g/mol. The first-order chi connectivity index (χ1) is 5.82. The largest absolute Gasteiger partial charge is 0.386 e. The third-order valence-electron chi connectivity index (χ3n) is 2.24. The van der Waals surface area contributed by atoms with Gasteiger partial charge in [0.05, 0.1) is 5.60 Å². The molecule has 0 aliphatic carbocycles. The Hall–Kier alpha value is -0.890. The number of benzene rings is 1. The molecule has 0 fully saturated rings. The van der Waals surface area contributed by atoms with Gasteiger partial charge in [-0.3, -0.25) is 0 Å². The average Bonchev–Trinajstić information content (AvgIpc) is 1.94. The molecule has 1 N–H and O–H groups in total. The third kappa shape index (κ3) is 2.07. The second-order valence-electron chi connectivity index (χ2n) is 3.98. The Kier molecular flexibility index (Phi) is 2.44. The number of aryl methyl sites for hydroxylation is 2. The number of halogens is 1. The summed E-state index contributed by atoms with van der Waals surface area (Å²) in [6.07, 6.45) is 0. The average molecular weight is 182 g/mol. The molecule has 0 saturated carbocycles. The fourth-order valence-electron chi connectivity index (χ4n) is 1.25. The zero-order valence-electron chi connectivity index (χ0n) is 8.48. The number of aliphatic hydroxyl groups is 1. The van der Waals surface area contributed by atoms with Crippen LogP contribution in [0.5, 0.6) is 0 Å². The summed E-state index contributed by atoms with van der Waals surface area (Å²) < 4.78 is 13.4. The molecule has 0 saturated heterocycles. The first-order valence-corrected chi connectivity index (χ1v) is 4.32. The van der Waals surface area contributed by atoms with E-state index >= 15 is 0 Å². The summed E-state index contributed by atoms with van der Waals surface area (Å²) in [6, 6.07) is 3.16. The van der Waals surface area contributed by atoms with E-state index in [1.165, 1.54) is 6.07 Å². The van der Waals surface area contributed by atoms with E-state index in [-0.39, 0.29) is 5.82 Å². The smallest absolute Gasteiger partial charge is 0.129 e. The van der Waals surface area contributed by atoms with Crippen LogP contribution in [0.25, 0.3) is 0 Å². The van der Waals surface area contributed by atoms with Crippen LogP contribution in [0, 0.1) is 19.7 Å². The molecule has 0 amide bonds. The Morgan fingerprint density at radius 1 is 1.15 bits per heavy atom. The van der Waals surface area contributed by atoms with Gasteiger partial charge in [0.15, 0.2) is 0 Å². The van der Waals surface area contributed by atoms with E-state index in [0.29, 0.717) is 5.56 Å². The number of hydrogen-bond acceptors (Lipinski definition) is 1. The lowest BCUT2D eigenvalue weighted by atomic mass is 9.94. The molecule has 1 aromatic carbocycles. The van der Waals surface area contributed by atoms with Crippen LogP contribution >= 0.6 is 0 Å². The molecule has 0 atom stereocenters. The van der Waals surface area contributed by atoms with Crippen molar-refractivity contribution in [3.63, 3.8) is 0 Å². The second-order valence-corrected chi connectivity index (χ2v) is 3.98. The highest BCUT2D eigenvalue weighted by Crippen LogP contribution is 2.25.